The highest BCUT2D eigenvalue weighted by molar-refractivity contribution is 7.99. The van der Waals surface area contributed by atoms with Crippen LogP contribution in [0.2, 0.25) is 5.02 Å². The van der Waals surface area contributed by atoms with Gasteiger partial charge in [-0.05, 0) is 37.1 Å². The van der Waals surface area contributed by atoms with Crippen LogP contribution in [0.1, 0.15) is 18.9 Å². The van der Waals surface area contributed by atoms with E-state index in [4.69, 9.17) is 16.7 Å². The number of carboxylic acids is 1. The predicted molar refractivity (Wildman–Crippen MR) is 77.1 cm³/mol. The zero-order valence-electron chi connectivity index (χ0n) is 10.5. The summed E-state index contributed by atoms with van der Waals surface area (Å²) in [6, 6.07) is 7.81. The Labute approximate surface area is 125 Å². The lowest BCUT2D eigenvalue weighted by atomic mass is 10.2. The number of halogens is 1. The molecule has 0 spiro atoms. The number of nitrogens with zero attached hydrogens (tertiary/aromatic N) is 3. The number of carboxylic acid groups (broad SMARTS) is 1. The number of aromatic nitrogens is 3. The molecule has 1 aliphatic carbocycles. The number of hydrogen-bond acceptors (Lipinski definition) is 4. The third-order valence-corrected chi connectivity index (χ3v) is 4.18. The summed E-state index contributed by atoms with van der Waals surface area (Å²) < 4.78 is 2.04. The molecule has 7 heteroatoms. The quantitative estimate of drug-likeness (QED) is 0.860. The molecule has 1 saturated carbocycles. The summed E-state index contributed by atoms with van der Waals surface area (Å²) in [7, 11) is 0. The first-order valence-corrected chi connectivity index (χ1v) is 7.57. The van der Waals surface area contributed by atoms with Gasteiger partial charge in [0.15, 0.2) is 11.0 Å². The molecule has 2 aromatic rings. The van der Waals surface area contributed by atoms with Crippen LogP contribution in [0, 0.1) is 0 Å². The van der Waals surface area contributed by atoms with Gasteiger partial charge in [-0.2, -0.15) is 0 Å². The fraction of sp³-hybridized carbons (Fsp3) is 0.308. The summed E-state index contributed by atoms with van der Waals surface area (Å²) in [5.74, 6) is -0.0868. The smallest absolute Gasteiger partial charge is 0.313 e. The zero-order valence-corrected chi connectivity index (χ0v) is 12.1. The lowest BCUT2D eigenvalue weighted by molar-refractivity contribution is -0.133. The first-order chi connectivity index (χ1) is 9.65. The molecule has 0 unspecified atom stereocenters. The number of benzene rings is 1. The lowest BCUT2D eigenvalue weighted by Gasteiger charge is -2.08. The van der Waals surface area contributed by atoms with Gasteiger partial charge in [0.1, 0.15) is 0 Å². The van der Waals surface area contributed by atoms with E-state index in [2.05, 4.69) is 10.2 Å². The average molecular weight is 310 g/mol. The normalized spacial score (nSPS) is 14.4. The van der Waals surface area contributed by atoms with E-state index in [-0.39, 0.29) is 5.75 Å². The van der Waals surface area contributed by atoms with E-state index in [1.165, 1.54) is 11.8 Å². The van der Waals surface area contributed by atoms with Crippen molar-refractivity contribution in [3.63, 3.8) is 0 Å². The minimum Gasteiger partial charge on any atom is -0.481 e. The minimum atomic E-state index is -0.853. The molecule has 1 N–H and O–H groups in total. The van der Waals surface area contributed by atoms with Crippen molar-refractivity contribution >= 4 is 29.3 Å². The number of thioether (sulfide) groups is 1. The highest BCUT2D eigenvalue weighted by Gasteiger charge is 2.30. The molecule has 0 saturated heterocycles. The first kappa shape index (κ1) is 13.5. The second-order valence-corrected chi connectivity index (χ2v) is 5.98. The molecule has 0 bridgehead atoms. The summed E-state index contributed by atoms with van der Waals surface area (Å²) in [6.45, 7) is 0. The van der Waals surface area contributed by atoms with E-state index in [1.54, 1.807) is 0 Å². The molecule has 20 heavy (non-hydrogen) atoms. The maximum atomic E-state index is 10.7. The topological polar surface area (TPSA) is 68.0 Å². The van der Waals surface area contributed by atoms with Crippen molar-refractivity contribution in [3.05, 3.63) is 29.3 Å². The Morgan fingerprint density at radius 2 is 2.05 bits per heavy atom. The van der Waals surface area contributed by atoms with E-state index >= 15 is 0 Å². The van der Waals surface area contributed by atoms with Crippen LogP contribution in [0.5, 0.6) is 0 Å². The van der Waals surface area contributed by atoms with Gasteiger partial charge in [0.05, 0.1) is 5.75 Å². The summed E-state index contributed by atoms with van der Waals surface area (Å²) in [6.07, 6.45) is 2.17. The largest absolute Gasteiger partial charge is 0.481 e. The molecule has 0 atom stereocenters. The highest BCUT2D eigenvalue weighted by Crippen LogP contribution is 2.41. The van der Waals surface area contributed by atoms with Gasteiger partial charge in [-0.15, -0.1) is 10.2 Å². The van der Waals surface area contributed by atoms with Gasteiger partial charge in [0.25, 0.3) is 0 Å². The van der Waals surface area contributed by atoms with Crippen molar-refractivity contribution in [1.29, 1.82) is 0 Å². The molecule has 3 rings (SSSR count). The van der Waals surface area contributed by atoms with Crippen LogP contribution in [0.4, 0.5) is 0 Å². The first-order valence-electron chi connectivity index (χ1n) is 6.20. The Bertz CT molecular complexity index is 638. The summed E-state index contributed by atoms with van der Waals surface area (Å²) >= 11 is 7.10. The van der Waals surface area contributed by atoms with Gasteiger partial charge in [0.2, 0.25) is 0 Å². The Morgan fingerprint density at radius 1 is 1.35 bits per heavy atom. The van der Waals surface area contributed by atoms with Gasteiger partial charge in [-0.3, -0.25) is 9.36 Å². The zero-order chi connectivity index (χ0) is 14.1. The fourth-order valence-corrected chi connectivity index (χ4v) is 2.81. The second kappa shape index (κ2) is 5.46. The Hall–Kier alpha value is -1.53. The van der Waals surface area contributed by atoms with Crippen LogP contribution >= 0.6 is 23.4 Å². The number of aliphatic carboxylic acids is 1. The maximum absolute atomic E-state index is 10.7. The van der Waals surface area contributed by atoms with E-state index < -0.39 is 5.97 Å². The fourth-order valence-electron chi connectivity index (χ4n) is 1.96. The van der Waals surface area contributed by atoms with Gasteiger partial charge < -0.3 is 5.11 Å². The van der Waals surface area contributed by atoms with Crippen LogP contribution in [-0.2, 0) is 4.79 Å². The third kappa shape index (κ3) is 2.81. The summed E-state index contributed by atoms with van der Waals surface area (Å²) in [5.41, 5.74) is 0.941. The van der Waals surface area contributed by atoms with Crippen molar-refractivity contribution in [1.82, 2.24) is 14.8 Å². The van der Waals surface area contributed by atoms with E-state index in [1.807, 2.05) is 28.8 Å². The SMILES string of the molecule is O=C(O)CSc1nnc(-c2ccc(Cl)cc2)n1C1CC1. The van der Waals surface area contributed by atoms with Gasteiger partial charge in [0, 0.05) is 16.6 Å². The number of hydrogen-bond donors (Lipinski definition) is 1. The molecule has 5 nitrogen and oxygen atoms in total. The molecule has 0 radical (unpaired) electrons. The van der Waals surface area contributed by atoms with Crippen molar-refractivity contribution < 1.29 is 9.90 Å². The van der Waals surface area contributed by atoms with E-state index in [0.717, 1.165) is 24.2 Å². The Kier molecular flexibility index (Phi) is 3.67. The van der Waals surface area contributed by atoms with Gasteiger partial charge in [-0.25, -0.2) is 0 Å². The van der Waals surface area contributed by atoms with Crippen molar-refractivity contribution in [2.24, 2.45) is 0 Å². The number of carbonyl (C=O) groups is 1. The molecule has 1 aromatic carbocycles. The summed E-state index contributed by atoms with van der Waals surface area (Å²) in [5, 5.41) is 18.5. The van der Waals surface area contributed by atoms with Crippen LogP contribution < -0.4 is 0 Å². The van der Waals surface area contributed by atoms with Crippen LogP contribution in [0.15, 0.2) is 29.4 Å². The molecule has 1 aliphatic rings. The monoisotopic (exact) mass is 309 g/mol. The van der Waals surface area contributed by atoms with Crippen molar-refractivity contribution in [2.45, 2.75) is 24.0 Å². The predicted octanol–water partition coefficient (Wildman–Crippen LogP) is 3.11. The molecule has 1 fully saturated rings. The molecule has 104 valence electrons. The van der Waals surface area contributed by atoms with Gasteiger partial charge in [-0.1, -0.05) is 23.4 Å². The standard InChI is InChI=1S/C13H12ClN3O2S/c14-9-3-1-8(2-4-9)12-15-16-13(20-7-11(18)19)17(12)10-5-6-10/h1-4,10H,5-7H2,(H,18,19). The summed E-state index contributed by atoms with van der Waals surface area (Å²) in [4.78, 5) is 10.7. The molecule has 1 aromatic heterocycles. The second-order valence-electron chi connectivity index (χ2n) is 4.60. The Morgan fingerprint density at radius 3 is 2.65 bits per heavy atom. The third-order valence-electron chi connectivity index (χ3n) is 3.00. The van der Waals surface area contributed by atoms with Crippen LogP contribution in [0.3, 0.4) is 0 Å². The highest BCUT2D eigenvalue weighted by atomic mass is 35.5. The molecular formula is C13H12ClN3O2S. The van der Waals surface area contributed by atoms with E-state index in [0.29, 0.717) is 16.2 Å². The molecule has 0 amide bonds. The van der Waals surface area contributed by atoms with E-state index in [9.17, 15) is 4.79 Å². The molecule has 0 aliphatic heterocycles. The van der Waals surface area contributed by atoms with Crippen molar-refractivity contribution in [3.8, 4) is 11.4 Å². The van der Waals surface area contributed by atoms with Crippen LogP contribution in [-0.4, -0.2) is 31.6 Å². The molecule has 1 heterocycles. The van der Waals surface area contributed by atoms with Crippen molar-refractivity contribution in [2.75, 3.05) is 5.75 Å². The number of rotatable bonds is 5. The molecular weight excluding hydrogens is 298 g/mol. The minimum absolute atomic E-state index is 0.00846. The van der Waals surface area contributed by atoms with Gasteiger partial charge >= 0.3 is 5.97 Å². The lowest BCUT2D eigenvalue weighted by Crippen LogP contribution is -2.03. The Balaban J connectivity index is 1.94. The average Bonchev–Trinajstić information content (AvgIpc) is 3.17. The van der Waals surface area contributed by atoms with Crippen LogP contribution in [0.25, 0.3) is 11.4 Å². The maximum Gasteiger partial charge on any atom is 0.313 e.